The third-order valence-electron chi connectivity index (χ3n) is 15.4. The molecular formula is C69H129NO5. The van der Waals surface area contributed by atoms with Gasteiger partial charge in [-0.2, -0.15) is 0 Å². The van der Waals surface area contributed by atoms with E-state index >= 15 is 0 Å². The van der Waals surface area contributed by atoms with Gasteiger partial charge in [-0.05, 0) is 83.5 Å². The molecule has 0 bridgehead atoms. The molecule has 0 aromatic rings. The maximum Gasteiger partial charge on any atom is 0.305 e. The minimum Gasteiger partial charge on any atom is -0.466 e. The molecule has 0 aromatic heterocycles. The van der Waals surface area contributed by atoms with Crippen LogP contribution in [0, 0.1) is 0 Å². The van der Waals surface area contributed by atoms with Crippen molar-refractivity contribution in [2.75, 3.05) is 13.2 Å². The van der Waals surface area contributed by atoms with Crippen LogP contribution in [0.5, 0.6) is 0 Å². The van der Waals surface area contributed by atoms with E-state index in [0.717, 1.165) is 57.8 Å². The topological polar surface area (TPSA) is 95.9 Å². The monoisotopic (exact) mass is 1050 g/mol. The maximum absolute atomic E-state index is 12.5. The Kier molecular flexibility index (Phi) is 62.5. The lowest BCUT2D eigenvalue weighted by Gasteiger charge is -2.22. The molecule has 0 rings (SSSR count). The van der Waals surface area contributed by atoms with E-state index in [1.54, 1.807) is 0 Å². The molecule has 0 saturated heterocycles. The lowest BCUT2D eigenvalue weighted by atomic mass is 10.0. The zero-order valence-electron chi connectivity index (χ0n) is 50.3. The van der Waals surface area contributed by atoms with E-state index in [2.05, 4.69) is 67.8 Å². The number of hydrogen-bond donors (Lipinski definition) is 3. The number of aliphatic hydroxyl groups is 2. The number of amides is 1. The van der Waals surface area contributed by atoms with Gasteiger partial charge in [0.1, 0.15) is 0 Å². The molecule has 0 fully saturated rings. The minimum absolute atomic E-state index is 0.00407. The van der Waals surface area contributed by atoms with Gasteiger partial charge in [-0.25, -0.2) is 0 Å². The Morgan fingerprint density at radius 2 is 0.680 bits per heavy atom. The van der Waals surface area contributed by atoms with Crippen molar-refractivity contribution in [2.45, 2.75) is 366 Å². The molecule has 0 aromatic carbocycles. The van der Waals surface area contributed by atoms with E-state index in [4.69, 9.17) is 4.74 Å². The highest BCUT2D eigenvalue weighted by Crippen LogP contribution is 2.18. The van der Waals surface area contributed by atoms with Crippen molar-refractivity contribution in [3.8, 4) is 0 Å². The zero-order valence-corrected chi connectivity index (χ0v) is 50.3. The molecule has 0 aliphatic heterocycles. The fraction of sp³-hybridized carbons (Fsp3) is 0.855. The summed E-state index contributed by atoms with van der Waals surface area (Å²) in [5.74, 6) is -0.0401. The van der Waals surface area contributed by atoms with Crippen LogP contribution in [0.3, 0.4) is 0 Å². The lowest BCUT2D eigenvalue weighted by molar-refractivity contribution is -0.143. The number of allylic oxidation sites excluding steroid dienone is 8. The fourth-order valence-corrected chi connectivity index (χ4v) is 10.2. The van der Waals surface area contributed by atoms with Gasteiger partial charge in [0.15, 0.2) is 0 Å². The molecule has 3 N–H and O–H groups in total. The average molecular weight is 1050 g/mol. The molecule has 6 heteroatoms. The molecular weight excluding hydrogens is 923 g/mol. The third kappa shape index (κ3) is 60.9. The number of hydrogen-bond acceptors (Lipinski definition) is 5. The molecule has 75 heavy (non-hydrogen) atoms. The van der Waals surface area contributed by atoms with Crippen LogP contribution in [-0.2, 0) is 14.3 Å². The highest BCUT2D eigenvalue weighted by atomic mass is 16.5. The highest BCUT2D eigenvalue weighted by molar-refractivity contribution is 5.76. The Morgan fingerprint density at radius 1 is 0.373 bits per heavy atom. The molecule has 0 aliphatic rings. The SMILES string of the molecule is CCCC/C=C\C/C=C\CCCCCCCC(=O)OCCCCCCCCCCC/C=C\C/C=C\CCCCCCCCCCCCCC(=O)NC(CO)C(O)CCCCCCCCCCCCCCCCCCC. The molecule has 6 nitrogen and oxygen atoms in total. The molecule has 0 radical (unpaired) electrons. The van der Waals surface area contributed by atoms with Crippen molar-refractivity contribution < 1.29 is 24.5 Å². The van der Waals surface area contributed by atoms with Gasteiger partial charge in [-0.3, -0.25) is 9.59 Å². The minimum atomic E-state index is -0.667. The standard InChI is InChI=1S/C69H129NO5/c1-3-5-7-9-11-13-15-17-19-31-34-37-41-45-49-53-57-61-67(72)66(65-71)70-68(73)62-58-54-50-46-42-38-35-32-29-27-25-23-21-20-22-24-26-28-30-33-36-40-44-48-52-56-60-64-75-69(74)63-59-55-51-47-43-39-18-16-14-12-10-8-6-4-2/h10,12,16,18,20-21,24,26,66-67,71-72H,3-9,11,13-15,17,19,22-23,25,27-65H2,1-2H3,(H,70,73)/b12-10-,18-16-,21-20-,26-24-. The summed E-state index contributed by atoms with van der Waals surface area (Å²) in [6.07, 6.45) is 82.8. The summed E-state index contributed by atoms with van der Waals surface area (Å²) in [5, 5.41) is 23.3. The molecule has 2 atom stereocenters. The predicted octanol–water partition coefficient (Wildman–Crippen LogP) is 21.3. The Balaban J connectivity index is 3.43. The normalized spacial score (nSPS) is 12.9. The number of carbonyl (C=O) groups excluding carboxylic acids is 2. The first-order valence-electron chi connectivity index (χ1n) is 33.4. The summed E-state index contributed by atoms with van der Waals surface area (Å²) >= 11 is 0. The first-order valence-corrected chi connectivity index (χ1v) is 33.4. The van der Waals surface area contributed by atoms with Crippen molar-refractivity contribution in [1.29, 1.82) is 0 Å². The number of aliphatic hydroxyl groups excluding tert-OH is 2. The van der Waals surface area contributed by atoms with E-state index < -0.39 is 12.1 Å². The molecule has 2 unspecified atom stereocenters. The Bertz CT molecular complexity index is 1260. The van der Waals surface area contributed by atoms with Crippen LogP contribution in [0.1, 0.15) is 354 Å². The summed E-state index contributed by atoms with van der Waals surface area (Å²) in [6, 6.07) is -0.545. The first kappa shape index (κ1) is 72.8. The van der Waals surface area contributed by atoms with Gasteiger partial charge in [0.2, 0.25) is 5.91 Å². The Morgan fingerprint density at radius 3 is 1.05 bits per heavy atom. The van der Waals surface area contributed by atoms with Crippen LogP contribution in [-0.4, -0.2) is 47.4 Å². The van der Waals surface area contributed by atoms with Gasteiger partial charge < -0.3 is 20.3 Å². The second-order valence-corrected chi connectivity index (χ2v) is 22.8. The van der Waals surface area contributed by atoms with Gasteiger partial charge >= 0.3 is 5.97 Å². The quantitative estimate of drug-likeness (QED) is 0.0320. The highest BCUT2D eigenvalue weighted by Gasteiger charge is 2.20. The van der Waals surface area contributed by atoms with E-state index in [9.17, 15) is 19.8 Å². The van der Waals surface area contributed by atoms with Crippen LogP contribution < -0.4 is 5.32 Å². The van der Waals surface area contributed by atoms with Crippen LogP contribution in [0.25, 0.3) is 0 Å². The Hall–Kier alpha value is -2.18. The molecule has 0 saturated carbocycles. The summed E-state index contributed by atoms with van der Waals surface area (Å²) in [7, 11) is 0. The van der Waals surface area contributed by atoms with E-state index in [-0.39, 0.29) is 18.5 Å². The van der Waals surface area contributed by atoms with Gasteiger partial charge in [0.05, 0.1) is 25.4 Å². The number of carbonyl (C=O) groups is 2. The fourth-order valence-electron chi connectivity index (χ4n) is 10.2. The summed E-state index contributed by atoms with van der Waals surface area (Å²) in [5.41, 5.74) is 0. The van der Waals surface area contributed by atoms with Crippen molar-refractivity contribution in [3.05, 3.63) is 48.6 Å². The maximum atomic E-state index is 12.5. The lowest BCUT2D eigenvalue weighted by Crippen LogP contribution is -2.45. The van der Waals surface area contributed by atoms with Crippen LogP contribution >= 0.6 is 0 Å². The van der Waals surface area contributed by atoms with Gasteiger partial charge in [0, 0.05) is 12.8 Å². The van der Waals surface area contributed by atoms with Crippen molar-refractivity contribution >= 4 is 11.9 Å². The van der Waals surface area contributed by atoms with Gasteiger partial charge in [-0.15, -0.1) is 0 Å². The second-order valence-electron chi connectivity index (χ2n) is 22.8. The van der Waals surface area contributed by atoms with Crippen molar-refractivity contribution in [3.63, 3.8) is 0 Å². The number of rotatable bonds is 62. The zero-order chi connectivity index (χ0) is 54.3. The molecule has 0 aliphatic carbocycles. The number of nitrogens with one attached hydrogen (secondary N) is 1. The summed E-state index contributed by atoms with van der Waals surface area (Å²) in [4.78, 5) is 24.6. The smallest absolute Gasteiger partial charge is 0.305 e. The number of ether oxygens (including phenoxy) is 1. The predicted molar refractivity (Wildman–Crippen MR) is 329 cm³/mol. The van der Waals surface area contributed by atoms with Crippen LogP contribution in [0.4, 0.5) is 0 Å². The van der Waals surface area contributed by atoms with Crippen LogP contribution in [0.15, 0.2) is 48.6 Å². The average Bonchev–Trinajstić information content (AvgIpc) is 3.41. The van der Waals surface area contributed by atoms with Gasteiger partial charge in [-0.1, -0.05) is 306 Å². The largest absolute Gasteiger partial charge is 0.466 e. The molecule has 440 valence electrons. The third-order valence-corrected chi connectivity index (χ3v) is 15.4. The molecule has 1 amide bonds. The Labute approximate surface area is 467 Å². The van der Waals surface area contributed by atoms with Crippen molar-refractivity contribution in [2.24, 2.45) is 0 Å². The number of esters is 1. The summed E-state index contributed by atoms with van der Waals surface area (Å²) < 4.78 is 5.47. The molecule has 0 heterocycles. The second kappa shape index (κ2) is 64.3. The van der Waals surface area contributed by atoms with E-state index in [1.807, 2.05) is 0 Å². The first-order chi connectivity index (χ1) is 37.0. The molecule has 0 spiro atoms. The summed E-state index contributed by atoms with van der Waals surface area (Å²) in [6.45, 7) is 4.92. The van der Waals surface area contributed by atoms with E-state index in [1.165, 1.54) is 263 Å². The van der Waals surface area contributed by atoms with Crippen molar-refractivity contribution in [1.82, 2.24) is 5.32 Å². The van der Waals surface area contributed by atoms with Crippen LogP contribution in [0.2, 0.25) is 0 Å². The van der Waals surface area contributed by atoms with Gasteiger partial charge in [0.25, 0.3) is 0 Å². The van der Waals surface area contributed by atoms with E-state index in [0.29, 0.717) is 25.9 Å². The number of unbranched alkanes of at least 4 members (excludes halogenated alkanes) is 43.